The van der Waals surface area contributed by atoms with Crippen molar-refractivity contribution in [3.8, 4) is 0 Å². The molecule has 166 valence electrons. The highest BCUT2D eigenvalue weighted by molar-refractivity contribution is 7.89. The van der Waals surface area contributed by atoms with E-state index >= 15 is 0 Å². The number of fused-ring (bicyclic) bond motifs is 1. The summed E-state index contributed by atoms with van der Waals surface area (Å²) in [7, 11) is -3.85. The van der Waals surface area contributed by atoms with E-state index in [-0.39, 0.29) is 17.3 Å². The number of sulfonamides is 1. The number of carbonyl (C=O) groups excluding carboxylic acids is 1. The highest BCUT2D eigenvalue weighted by Gasteiger charge is 2.39. The van der Waals surface area contributed by atoms with Crippen LogP contribution in [0.5, 0.6) is 0 Å². The zero-order valence-electron chi connectivity index (χ0n) is 18.6. The lowest BCUT2D eigenvalue weighted by Gasteiger charge is -2.35. The smallest absolute Gasteiger partial charge is 0.244 e. The second-order valence-corrected chi connectivity index (χ2v) is 10.5. The normalized spacial score (nSPS) is 16.6. The van der Waals surface area contributed by atoms with Gasteiger partial charge < -0.3 is 5.32 Å². The second kappa shape index (κ2) is 8.88. The van der Waals surface area contributed by atoms with Gasteiger partial charge in [-0.25, -0.2) is 8.42 Å². The van der Waals surface area contributed by atoms with Gasteiger partial charge in [-0.1, -0.05) is 67.9 Å². The molecule has 0 saturated carbocycles. The van der Waals surface area contributed by atoms with Crippen LogP contribution in [0.4, 0.5) is 5.69 Å². The Morgan fingerprint density at radius 3 is 2.19 bits per heavy atom. The van der Waals surface area contributed by atoms with E-state index in [1.165, 1.54) is 9.87 Å². The first-order chi connectivity index (χ1) is 15.3. The molecule has 1 N–H and O–H groups in total. The molecule has 32 heavy (non-hydrogen) atoms. The van der Waals surface area contributed by atoms with E-state index in [0.29, 0.717) is 18.0 Å². The van der Waals surface area contributed by atoms with Gasteiger partial charge in [0.25, 0.3) is 0 Å². The molecule has 0 spiro atoms. The molecule has 3 aromatic rings. The molecular weight excluding hydrogens is 420 g/mol. The van der Waals surface area contributed by atoms with Crippen LogP contribution >= 0.6 is 0 Å². The molecule has 1 aliphatic rings. The topological polar surface area (TPSA) is 66.5 Å². The van der Waals surface area contributed by atoms with Crippen LogP contribution in [0.15, 0.2) is 77.7 Å². The lowest BCUT2D eigenvalue weighted by atomic mass is 9.95. The molecule has 0 aromatic heterocycles. The summed E-state index contributed by atoms with van der Waals surface area (Å²) in [6.45, 7) is 6.30. The Morgan fingerprint density at radius 2 is 1.56 bits per heavy atom. The zero-order chi connectivity index (χ0) is 22.9. The number of anilines is 1. The summed E-state index contributed by atoms with van der Waals surface area (Å²) in [4.78, 5) is 13.5. The fourth-order valence-corrected chi connectivity index (χ4v) is 5.56. The van der Waals surface area contributed by atoms with Gasteiger partial charge in [-0.05, 0) is 60.2 Å². The molecule has 1 heterocycles. The van der Waals surface area contributed by atoms with Crippen LogP contribution in [0.1, 0.15) is 42.0 Å². The molecule has 0 bridgehead atoms. The molecule has 0 saturated heterocycles. The van der Waals surface area contributed by atoms with E-state index in [9.17, 15) is 13.2 Å². The Labute approximate surface area is 190 Å². The second-order valence-electron chi connectivity index (χ2n) is 8.62. The van der Waals surface area contributed by atoms with Gasteiger partial charge in [-0.3, -0.25) is 4.79 Å². The minimum absolute atomic E-state index is 0.163. The van der Waals surface area contributed by atoms with Gasteiger partial charge in [0.15, 0.2) is 0 Å². The Balaban J connectivity index is 1.66. The molecular formula is C26H28N2O3S. The van der Waals surface area contributed by atoms with Crippen molar-refractivity contribution in [1.29, 1.82) is 0 Å². The van der Waals surface area contributed by atoms with Gasteiger partial charge in [0.2, 0.25) is 15.9 Å². The highest BCUT2D eigenvalue weighted by Crippen LogP contribution is 2.30. The van der Waals surface area contributed by atoms with Crippen LogP contribution in [-0.4, -0.2) is 24.7 Å². The SMILES string of the molecule is Cc1ccc(S(=O)(=O)N2Cc3ccccc3C[C@@H]2C(=O)Nc2ccc(C(C)C)cc2)cc1. The number of hydrogen-bond acceptors (Lipinski definition) is 3. The number of nitrogens with zero attached hydrogens (tertiary/aromatic N) is 1. The monoisotopic (exact) mass is 448 g/mol. The minimum atomic E-state index is -3.85. The van der Waals surface area contributed by atoms with Gasteiger partial charge in [0, 0.05) is 12.2 Å². The summed E-state index contributed by atoms with van der Waals surface area (Å²) in [5.74, 6) is 0.0669. The van der Waals surface area contributed by atoms with Gasteiger partial charge in [0.1, 0.15) is 6.04 Å². The number of aryl methyl sites for hydroxylation is 1. The summed E-state index contributed by atoms with van der Waals surface area (Å²) in [6, 6.07) is 21.3. The predicted molar refractivity (Wildman–Crippen MR) is 127 cm³/mol. The maximum atomic E-state index is 13.5. The average Bonchev–Trinajstić information content (AvgIpc) is 2.78. The van der Waals surface area contributed by atoms with E-state index < -0.39 is 16.1 Å². The molecule has 0 fully saturated rings. The molecule has 0 radical (unpaired) electrons. The van der Waals surface area contributed by atoms with Crippen LogP contribution in [0.3, 0.4) is 0 Å². The predicted octanol–water partition coefficient (Wildman–Crippen LogP) is 4.87. The third-order valence-corrected chi connectivity index (χ3v) is 7.85. The number of rotatable bonds is 5. The largest absolute Gasteiger partial charge is 0.325 e. The van der Waals surface area contributed by atoms with Crippen molar-refractivity contribution in [3.63, 3.8) is 0 Å². The van der Waals surface area contributed by atoms with E-state index in [4.69, 9.17) is 0 Å². The Kier molecular flexibility index (Phi) is 6.17. The van der Waals surface area contributed by atoms with Crippen LogP contribution in [0.2, 0.25) is 0 Å². The van der Waals surface area contributed by atoms with Crippen molar-refractivity contribution in [3.05, 3.63) is 95.1 Å². The van der Waals surface area contributed by atoms with Crippen LogP contribution in [-0.2, 0) is 27.8 Å². The molecule has 6 heteroatoms. The lowest BCUT2D eigenvalue weighted by Crippen LogP contribution is -2.50. The maximum absolute atomic E-state index is 13.5. The maximum Gasteiger partial charge on any atom is 0.244 e. The number of hydrogen-bond donors (Lipinski definition) is 1. The quantitative estimate of drug-likeness (QED) is 0.605. The first kappa shape index (κ1) is 22.2. The third kappa shape index (κ3) is 4.47. The first-order valence-corrected chi connectivity index (χ1v) is 12.3. The van der Waals surface area contributed by atoms with E-state index in [1.807, 2.05) is 55.5 Å². The average molecular weight is 449 g/mol. The Bertz CT molecular complexity index is 1220. The summed E-state index contributed by atoms with van der Waals surface area (Å²) >= 11 is 0. The summed E-state index contributed by atoms with van der Waals surface area (Å²) in [5.41, 5.74) is 4.74. The Morgan fingerprint density at radius 1 is 0.938 bits per heavy atom. The zero-order valence-corrected chi connectivity index (χ0v) is 19.4. The molecule has 1 aliphatic heterocycles. The van der Waals surface area contributed by atoms with Crippen LogP contribution in [0.25, 0.3) is 0 Å². The van der Waals surface area contributed by atoms with Crippen molar-refractivity contribution in [1.82, 2.24) is 4.31 Å². The molecule has 1 atom stereocenters. The van der Waals surface area contributed by atoms with Gasteiger partial charge in [0.05, 0.1) is 4.90 Å². The van der Waals surface area contributed by atoms with Crippen molar-refractivity contribution in [2.24, 2.45) is 0 Å². The van der Waals surface area contributed by atoms with E-state index in [1.54, 1.807) is 24.3 Å². The number of benzene rings is 3. The Hall–Kier alpha value is -2.96. The number of amides is 1. The van der Waals surface area contributed by atoms with Crippen LogP contribution < -0.4 is 5.32 Å². The highest BCUT2D eigenvalue weighted by atomic mass is 32.2. The van der Waals surface area contributed by atoms with E-state index in [2.05, 4.69) is 19.2 Å². The molecule has 4 rings (SSSR count). The molecule has 0 unspecified atom stereocenters. The lowest BCUT2D eigenvalue weighted by molar-refractivity contribution is -0.120. The van der Waals surface area contributed by atoms with Gasteiger partial charge in [-0.15, -0.1) is 0 Å². The van der Waals surface area contributed by atoms with Gasteiger partial charge in [-0.2, -0.15) is 4.31 Å². The van der Waals surface area contributed by atoms with Gasteiger partial charge >= 0.3 is 0 Å². The summed E-state index contributed by atoms with van der Waals surface area (Å²) < 4.78 is 28.4. The minimum Gasteiger partial charge on any atom is -0.325 e. The van der Waals surface area contributed by atoms with Crippen molar-refractivity contribution < 1.29 is 13.2 Å². The van der Waals surface area contributed by atoms with E-state index in [0.717, 1.165) is 16.7 Å². The fourth-order valence-electron chi connectivity index (χ4n) is 4.00. The van der Waals surface area contributed by atoms with Crippen molar-refractivity contribution >= 4 is 21.6 Å². The third-order valence-electron chi connectivity index (χ3n) is 5.98. The molecule has 5 nitrogen and oxygen atoms in total. The van der Waals surface area contributed by atoms with Crippen LogP contribution in [0, 0.1) is 6.92 Å². The fraction of sp³-hybridized carbons (Fsp3) is 0.269. The molecule has 3 aromatic carbocycles. The van der Waals surface area contributed by atoms with Crippen molar-refractivity contribution in [2.45, 2.75) is 50.6 Å². The standard InChI is InChI=1S/C26H28N2O3S/c1-18(2)20-10-12-23(13-11-20)27-26(29)25-16-21-6-4-5-7-22(21)17-28(25)32(30,31)24-14-8-19(3)9-15-24/h4-15,18,25H,16-17H2,1-3H3,(H,27,29)/t25-/m1/s1. The van der Waals surface area contributed by atoms with Crippen molar-refractivity contribution in [2.75, 3.05) is 5.32 Å². The summed E-state index contributed by atoms with van der Waals surface area (Å²) in [5, 5.41) is 2.93. The number of nitrogens with one attached hydrogen (secondary N) is 1. The molecule has 1 amide bonds. The molecule has 0 aliphatic carbocycles. The first-order valence-electron chi connectivity index (χ1n) is 10.8. The summed E-state index contributed by atoms with van der Waals surface area (Å²) in [6.07, 6.45) is 0.331. The number of carbonyl (C=O) groups is 1.